The summed E-state index contributed by atoms with van der Waals surface area (Å²) in [6.45, 7) is 0. The lowest BCUT2D eigenvalue weighted by Gasteiger charge is -2.42. The van der Waals surface area contributed by atoms with Crippen LogP contribution in [0, 0.1) is 0 Å². The third-order valence-corrected chi connectivity index (χ3v) is 6.60. The van der Waals surface area contributed by atoms with E-state index in [2.05, 4.69) is 15.9 Å². The fraction of sp³-hybridized carbons (Fsp3) is 0.400. The topological polar surface area (TPSA) is 63.3 Å². The summed E-state index contributed by atoms with van der Waals surface area (Å²) in [5, 5.41) is 10.4. The number of benzene rings is 1. The summed E-state index contributed by atoms with van der Waals surface area (Å²) >= 11 is 16.0. The van der Waals surface area contributed by atoms with Gasteiger partial charge in [-0.05, 0) is 49.0 Å². The molecule has 2 aliphatic rings. The maximum Gasteiger partial charge on any atom is 0.323 e. The number of allylic oxidation sites excluding steroid dienone is 1. The molecule has 0 saturated heterocycles. The zero-order valence-corrected chi connectivity index (χ0v) is 14.2. The minimum Gasteiger partial charge on any atom is -0.480 e. The second-order valence-electron chi connectivity index (χ2n) is 5.86. The Labute approximate surface area is 141 Å². The van der Waals surface area contributed by atoms with Gasteiger partial charge in [-0.15, -0.1) is 0 Å². The van der Waals surface area contributed by atoms with Crippen LogP contribution in [-0.2, 0) is 10.2 Å². The molecule has 0 aliphatic heterocycles. The highest BCUT2D eigenvalue weighted by molar-refractivity contribution is 9.11. The number of carbonyl (C=O) groups is 1. The Balaban J connectivity index is 2.02. The van der Waals surface area contributed by atoms with Gasteiger partial charge in [0, 0.05) is 9.90 Å². The molecular weight excluding hydrogens is 377 g/mol. The molecule has 3 N–H and O–H groups in total. The summed E-state index contributed by atoms with van der Waals surface area (Å²) < 4.78 is 1.03. The molecule has 0 radical (unpaired) electrons. The molecule has 0 bridgehead atoms. The van der Waals surface area contributed by atoms with E-state index in [0.29, 0.717) is 35.7 Å². The molecule has 0 aromatic heterocycles. The zero-order valence-electron chi connectivity index (χ0n) is 11.1. The molecule has 21 heavy (non-hydrogen) atoms. The van der Waals surface area contributed by atoms with Crippen molar-refractivity contribution in [1.29, 1.82) is 0 Å². The monoisotopic (exact) mass is 389 g/mol. The fourth-order valence-electron chi connectivity index (χ4n) is 3.36. The molecular formula is C15H14BrCl2NO2. The van der Waals surface area contributed by atoms with Crippen molar-refractivity contribution < 1.29 is 9.90 Å². The van der Waals surface area contributed by atoms with E-state index in [1.807, 2.05) is 12.1 Å². The predicted octanol–water partition coefficient (Wildman–Crippen LogP) is 4.34. The lowest BCUT2D eigenvalue weighted by atomic mass is 9.65. The summed E-state index contributed by atoms with van der Waals surface area (Å²) in [5.41, 5.74) is 6.68. The van der Waals surface area contributed by atoms with Gasteiger partial charge in [0.15, 0.2) is 0 Å². The molecule has 6 heteroatoms. The lowest BCUT2D eigenvalue weighted by molar-refractivity contribution is -0.145. The molecule has 1 fully saturated rings. The van der Waals surface area contributed by atoms with Gasteiger partial charge in [0.05, 0.1) is 10.0 Å². The first kappa shape index (κ1) is 15.3. The second-order valence-corrected chi connectivity index (χ2v) is 7.50. The summed E-state index contributed by atoms with van der Waals surface area (Å²) in [4.78, 5) is 11.3. The minimum atomic E-state index is -1.13. The number of halogens is 3. The van der Waals surface area contributed by atoms with Crippen molar-refractivity contribution in [2.24, 2.45) is 5.73 Å². The van der Waals surface area contributed by atoms with E-state index in [-0.39, 0.29) is 5.41 Å². The van der Waals surface area contributed by atoms with E-state index in [1.54, 1.807) is 6.07 Å². The zero-order chi connectivity index (χ0) is 15.4. The number of carboxylic acid groups (broad SMARTS) is 1. The molecule has 1 aromatic rings. The van der Waals surface area contributed by atoms with Crippen LogP contribution < -0.4 is 5.73 Å². The average molecular weight is 391 g/mol. The molecule has 1 spiro atoms. The van der Waals surface area contributed by atoms with Crippen LogP contribution in [0.2, 0.25) is 10.0 Å². The number of hydrogen-bond donors (Lipinski definition) is 2. The van der Waals surface area contributed by atoms with Gasteiger partial charge >= 0.3 is 5.97 Å². The lowest BCUT2D eigenvalue weighted by Crippen LogP contribution is -2.53. The van der Waals surface area contributed by atoms with Crippen molar-refractivity contribution in [2.75, 3.05) is 0 Å². The Morgan fingerprint density at radius 2 is 1.86 bits per heavy atom. The first-order chi connectivity index (χ1) is 9.80. The van der Waals surface area contributed by atoms with Crippen molar-refractivity contribution in [2.45, 2.75) is 36.6 Å². The quantitative estimate of drug-likeness (QED) is 0.749. The number of fused-ring (bicyclic) bond motifs is 2. The average Bonchev–Trinajstić information content (AvgIpc) is 2.71. The van der Waals surface area contributed by atoms with E-state index in [4.69, 9.17) is 28.9 Å². The number of nitrogens with two attached hydrogens (primary N) is 1. The van der Waals surface area contributed by atoms with Crippen molar-refractivity contribution in [3.63, 3.8) is 0 Å². The molecule has 0 unspecified atom stereocenters. The molecule has 0 amide bonds. The van der Waals surface area contributed by atoms with E-state index in [1.165, 1.54) is 0 Å². The minimum absolute atomic E-state index is 0.220. The molecule has 1 saturated carbocycles. The summed E-state index contributed by atoms with van der Waals surface area (Å²) in [6.07, 6.45) is 4.22. The Bertz CT molecular complexity index is 664. The van der Waals surface area contributed by atoms with Crippen molar-refractivity contribution in [1.82, 2.24) is 0 Å². The Morgan fingerprint density at radius 3 is 2.43 bits per heavy atom. The first-order valence-electron chi connectivity index (χ1n) is 6.69. The summed E-state index contributed by atoms with van der Waals surface area (Å²) in [5.74, 6) is -0.926. The number of carboxylic acids is 1. The molecule has 1 aromatic carbocycles. The van der Waals surface area contributed by atoms with Crippen LogP contribution in [0.5, 0.6) is 0 Å². The third kappa shape index (κ3) is 2.15. The molecule has 0 heterocycles. The van der Waals surface area contributed by atoms with E-state index < -0.39 is 11.5 Å². The van der Waals surface area contributed by atoms with Crippen molar-refractivity contribution in [3.8, 4) is 0 Å². The fourth-order valence-corrected chi connectivity index (χ4v) is 4.59. The van der Waals surface area contributed by atoms with Gasteiger partial charge in [-0.3, -0.25) is 4.79 Å². The largest absolute Gasteiger partial charge is 0.480 e. The van der Waals surface area contributed by atoms with Crippen LogP contribution >= 0.6 is 39.1 Å². The molecule has 3 rings (SSSR count). The maximum absolute atomic E-state index is 11.3. The van der Waals surface area contributed by atoms with Gasteiger partial charge in [-0.2, -0.15) is 0 Å². The molecule has 2 aliphatic carbocycles. The van der Waals surface area contributed by atoms with Crippen LogP contribution in [0.15, 0.2) is 16.6 Å². The van der Waals surface area contributed by atoms with Crippen molar-refractivity contribution in [3.05, 3.63) is 37.8 Å². The predicted molar refractivity (Wildman–Crippen MR) is 88.1 cm³/mol. The maximum atomic E-state index is 11.3. The van der Waals surface area contributed by atoms with Crippen molar-refractivity contribution >= 4 is 51.2 Å². The van der Waals surface area contributed by atoms with E-state index in [9.17, 15) is 9.90 Å². The van der Waals surface area contributed by atoms with E-state index in [0.717, 1.165) is 15.6 Å². The SMILES string of the molecule is NC1(C(=O)O)CCC2(CC1)C(Br)=Cc1c2ccc(Cl)c1Cl. The number of aliphatic carboxylic acids is 1. The Kier molecular flexibility index (Phi) is 3.64. The first-order valence-corrected chi connectivity index (χ1v) is 8.23. The van der Waals surface area contributed by atoms with E-state index >= 15 is 0 Å². The Morgan fingerprint density at radius 1 is 1.24 bits per heavy atom. The number of rotatable bonds is 1. The van der Waals surface area contributed by atoms with Gasteiger partial charge in [-0.25, -0.2) is 0 Å². The highest BCUT2D eigenvalue weighted by atomic mass is 79.9. The normalized spacial score (nSPS) is 31.1. The molecule has 0 atom stereocenters. The highest BCUT2D eigenvalue weighted by Crippen LogP contribution is 2.56. The standard InChI is InChI=1S/C15H14BrCl2NO2/c16-11-7-8-9(1-2-10(17)12(8)18)14(11)3-5-15(19,6-4-14)13(20)21/h1-2,7H,3-6,19H2,(H,20,21). The second kappa shape index (κ2) is 4.98. The van der Waals surface area contributed by atoms with Crippen LogP contribution in [0.3, 0.4) is 0 Å². The van der Waals surface area contributed by atoms with Crippen LogP contribution in [0.25, 0.3) is 6.08 Å². The van der Waals surface area contributed by atoms with Crippen LogP contribution in [0.1, 0.15) is 36.8 Å². The molecule has 112 valence electrons. The van der Waals surface area contributed by atoms with Gasteiger partial charge in [-0.1, -0.05) is 45.2 Å². The number of hydrogen-bond acceptors (Lipinski definition) is 2. The van der Waals surface area contributed by atoms with Gasteiger partial charge in [0.25, 0.3) is 0 Å². The highest BCUT2D eigenvalue weighted by Gasteiger charge is 2.49. The summed E-state index contributed by atoms with van der Waals surface area (Å²) in [7, 11) is 0. The smallest absolute Gasteiger partial charge is 0.323 e. The third-order valence-electron chi connectivity index (χ3n) is 4.80. The van der Waals surface area contributed by atoms with Crippen LogP contribution in [0.4, 0.5) is 0 Å². The summed E-state index contributed by atoms with van der Waals surface area (Å²) in [6, 6.07) is 3.78. The van der Waals surface area contributed by atoms with Gasteiger partial charge in [0.2, 0.25) is 0 Å². The van der Waals surface area contributed by atoms with Gasteiger partial charge in [0.1, 0.15) is 5.54 Å². The van der Waals surface area contributed by atoms with Crippen LogP contribution in [-0.4, -0.2) is 16.6 Å². The van der Waals surface area contributed by atoms with Gasteiger partial charge < -0.3 is 10.8 Å². The molecule has 3 nitrogen and oxygen atoms in total. The Hall–Kier alpha value is -0.550.